The molecule has 1 aromatic heterocycles. The molecule has 0 spiro atoms. The monoisotopic (exact) mass is 345 g/mol. The fourth-order valence-electron chi connectivity index (χ4n) is 3.11. The zero-order valence-corrected chi connectivity index (χ0v) is 14.2. The molecule has 8 heteroatoms. The molecule has 1 aliphatic heterocycles. The number of likely N-dealkylation sites (tertiary alicyclic amines) is 1. The molecule has 1 aliphatic rings. The largest absolute Gasteiger partial charge is 0.481 e. The number of piperidine rings is 1. The molecule has 1 saturated heterocycles. The van der Waals surface area contributed by atoms with Crippen molar-refractivity contribution in [2.75, 3.05) is 25.5 Å². The SMILES string of the molecule is COc1ccc(NC(=O)N2CC[C@H](C(F)(F)F)C(C)(C)C2)c(C)n1. The Labute approximate surface area is 139 Å². The Morgan fingerprint density at radius 2 is 2.08 bits per heavy atom. The summed E-state index contributed by atoms with van der Waals surface area (Å²) in [5.41, 5.74) is 0.0600. The van der Waals surface area contributed by atoms with E-state index in [-0.39, 0.29) is 19.5 Å². The summed E-state index contributed by atoms with van der Waals surface area (Å²) < 4.78 is 44.3. The molecule has 134 valence electrons. The lowest BCUT2D eigenvalue weighted by Gasteiger charge is -2.44. The Morgan fingerprint density at radius 1 is 1.42 bits per heavy atom. The van der Waals surface area contributed by atoms with Crippen LogP contribution in [0.25, 0.3) is 0 Å². The van der Waals surface area contributed by atoms with Crippen LogP contribution < -0.4 is 10.1 Å². The molecule has 0 aliphatic carbocycles. The number of nitrogens with one attached hydrogen (secondary N) is 1. The van der Waals surface area contributed by atoms with E-state index < -0.39 is 23.5 Å². The molecule has 0 unspecified atom stereocenters. The van der Waals surface area contributed by atoms with E-state index in [4.69, 9.17) is 4.74 Å². The van der Waals surface area contributed by atoms with Crippen molar-refractivity contribution in [2.24, 2.45) is 11.3 Å². The third-order valence-corrected chi connectivity index (χ3v) is 4.42. The van der Waals surface area contributed by atoms with Crippen LogP contribution in [-0.2, 0) is 0 Å². The summed E-state index contributed by atoms with van der Waals surface area (Å²) in [5.74, 6) is -0.976. The van der Waals surface area contributed by atoms with Crippen LogP contribution >= 0.6 is 0 Å². The van der Waals surface area contributed by atoms with Crippen molar-refractivity contribution < 1.29 is 22.7 Å². The molecule has 0 saturated carbocycles. The minimum atomic E-state index is -4.25. The number of methoxy groups -OCH3 is 1. The Morgan fingerprint density at radius 3 is 2.58 bits per heavy atom. The van der Waals surface area contributed by atoms with Gasteiger partial charge in [-0.15, -0.1) is 0 Å². The fourth-order valence-corrected chi connectivity index (χ4v) is 3.11. The number of pyridine rings is 1. The maximum absolute atomic E-state index is 13.1. The lowest BCUT2D eigenvalue weighted by atomic mass is 9.73. The minimum Gasteiger partial charge on any atom is -0.481 e. The average molecular weight is 345 g/mol. The van der Waals surface area contributed by atoms with Gasteiger partial charge in [-0.1, -0.05) is 13.8 Å². The van der Waals surface area contributed by atoms with Crippen LogP contribution in [0, 0.1) is 18.3 Å². The molecular formula is C16H22F3N3O2. The first-order chi connectivity index (χ1) is 11.0. The Kier molecular flexibility index (Phi) is 4.96. The van der Waals surface area contributed by atoms with Crippen LogP contribution in [0.3, 0.4) is 0 Å². The summed E-state index contributed by atoms with van der Waals surface area (Å²) in [4.78, 5) is 18.0. The van der Waals surface area contributed by atoms with Gasteiger partial charge in [0.1, 0.15) is 0 Å². The number of ether oxygens (including phenoxy) is 1. The van der Waals surface area contributed by atoms with Gasteiger partial charge in [0.15, 0.2) is 0 Å². The number of alkyl halides is 3. The second-order valence-electron chi connectivity index (χ2n) is 6.71. The zero-order chi connectivity index (χ0) is 18.1. The molecular weight excluding hydrogens is 323 g/mol. The van der Waals surface area contributed by atoms with Crippen molar-refractivity contribution in [3.63, 3.8) is 0 Å². The van der Waals surface area contributed by atoms with E-state index in [1.165, 1.54) is 12.0 Å². The molecule has 0 aromatic carbocycles. The quantitative estimate of drug-likeness (QED) is 0.886. The highest BCUT2D eigenvalue weighted by molar-refractivity contribution is 5.90. The number of hydrogen-bond donors (Lipinski definition) is 1. The van der Waals surface area contributed by atoms with E-state index in [1.807, 2.05) is 0 Å². The van der Waals surface area contributed by atoms with E-state index in [9.17, 15) is 18.0 Å². The number of anilines is 1. The van der Waals surface area contributed by atoms with Gasteiger partial charge in [-0.05, 0) is 24.8 Å². The number of carbonyl (C=O) groups excluding carboxylic acids is 1. The van der Waals surface area contributed by atoms with E-state index in [2.05, 4.69) is 10.3 Å². The predicted molar refractivity (Wildman–Crippen MR) is 84.1 cm³/mol. The number of rotatable bonds is 2. The third-order valence-electron chi connectivity index (χ3n) is 4.42. The van der Waals surface area contributed by atoms with Crippen LogP contribution in [0.15, 0.2) is 12.1 Å². The van der Waals surface area contributed by atoms with Crippen LogP contribution in [0.5, 0.6) is 5.88 Å². The average Bonchev–Trinajstić information content (AvgIpc) is 2.46. The van der Waals surface area contributed by atoms with E-state index in [0.29, 0.717) is 17.3 Å². The van der Waals surface area contributed by atoms with Gasteiger partial charge < -0.3 is 15.0 Å². The van der Waals surface area contributed by atoms with Crippen molar-refractivity contribution in [1.82, 2.24) is 9.88 Å². The van der Waals surface area contributed by atoms with Crippen LogP contribution in [0.4, 0.5) is 23.7 Å². The molecule has 2 heterocycles. The summed E-state index contributed by atoms with van der Waals surface area (Å²) in [7, 11) is 1.49. The molecule has 1 atom stereocenters. The molecule has 24 heavy (non-hydrogen) atoms. The van der Waals surface area contributed by atoms with Crippen LogP contribution in [0.2, 0.25) is 0 Å². The number of aryl methyl sites for hydroxylation is 1. The maximum atomic E-state index is 13.1. The number of hydrogen-bond acceptors (Lipinski definition) is 3. The van der Waals surface area contributed by atoms with Gasteiger partial charge in [0.05, 0.1) is 24.4 Å². The van der Waals surface area contributed by atoms with Crippen molar-refractivity contribution in [2.45, 2.75) is 33.4 Å². The molecule has 2 rings (SSSR count). The Bertz CT molecular complexity index is 617. The number of carbonyl (C=O) groups is 1. The van der Waals surface area contributed by atoms with Gasteiger partial charge in [-0.25, -0.2) is 9.78 Å². The van der Waals surface area contributed by atoms with Crippen LogP contribution in [0.1, 0.15) is 26.0 Å². The number of urea groups is 1. The van der Waals surface area contributed by atoms with Crippen molar-refractivity contribution in [3.05, 3.63) is 17.8 Å². The molecule has 1 aromatic rings. The van der Waals surface area contributed by atoms with Crippen molar-refractivity contribution in [1.29, 1.82) is 0 Å². The molecule has 2 amide bonds. The van der Waals surface area contributed by atoms with E-state index >= 15 is 0 Å². The van der Waals surface area contributed by atoms with Crippen LogP contribution in [-0.4, -0.2) is 42.3 Å². The maximum Gasteiger partial charge on any atom is 0.392 e. The third kappa shape index (κ3) is 3.91. The predicted octanol–water partition coefficient (Wildman–Crippen LogP) is 3.84. The first-order valence-corrected chi connectivity index (χ1v) is 7.69. The number of nitrogens with zero attached hydrogens (tertiary/aromatic N) is 2. The first kappa shape index (κ1) is 18.4. The summed E-state index contributed by atoms with van der Waals surface area (Å²) in [6.45, 7) is 4.93. The minimum absolute atomic E-state index is 0.0473. The van der Waals surface area contributed by atoms with Gasteiger partial charge in [0, 0.05) is 19.2 Å². The Balaban J connectivity index is 2.07. The van der Waals surface area contributed by atoms with E-state index in [0.717, 1.165) is 0 Å². The fraction of sp³-hybridized carbons (Fsp3) is 0.625. The molecule has 5 nitrogen and oxygen atoms in total. The first-order valence-electron chi connectivity index (χ1n) is 7.69. The van der Waals surface area contributed by atoms with Crippen molar-refractivity contribution >= 4 is 11.7 Å². The lowest BCUT2D eigenvalue weighted by molar-refractivity contribution is -0.214. The topological polar surface area (TPSA) is 54.5 Å². The summed E-state index contributed by atoms with van der Waals surface area (Å²) in [6, 6.07) is 2.86. The normalized spacial score (nSPS) is 20.6. The van der Waals surface area contributed by atoms with Gasteiger partial charge in [0.2, 0.25) is 5.88 Å². The van der Waals surface area contributed by atoms with Gasteiger partial charge in [0.25, 0.3) is 0 Å². The zero-order valence-electron chi connectivity index (χ0n) is 14.2. The second kappa shape index (κ2) is 6.49. The molecule has 0 radical (unpaired) electrons. The Hall–Kier alpha value is -1.99. The highest BCUT2D eigenvalue weighted by Crippen LogP contribution is 2.45. The smallest absolute Gasteiger partial charge is 0.392 e. The van der Waals surface area contributed by atoms with Crippen molar-refractivity contribution in [3.8, 4) is 5.88 Å². The summed E-state index contributed by atoms with van der Waals surface area (Å²) in [6.07, 6.45) is -4.34. The van der Waals surface area contributed by atoms with E-state index in [1.54, 1.807) is 32.9 Å². The second-order valence-corrected chi connectivity index (χ2v) is 6.71. The molecule has 0 bridgehead atoms. The summed E-state index contributed by atoms with van der Waals surface area (Å²) >= 11 is 0. The highest BCUT2D eigenvalue weighted by Gasteiger charge is 2.51. The van der Waals surface area contributed by atoms with Gasteiger partial charge in [-0.2, -0.15) is 13.2 Å². The lowest BCUT2D eigenvalue weighted by Crippen LogP contribution is -2.53. The van der Waals surface area contributed by atoms with Gasteiger partial charge in [-0.3, -0.25) is 0 Å². The number of halogens is 3. The molecule has 1 N–H and O–H groups in total. The number of aromatic nitrogens is 1. The summed E-state index contributed by atoms with van der Waals surface area (Å²) in [5, 5.41) is 2.71. The van der Waals surface area contributed by atoms with Gasteiger partial charge >= 0.3 is 12.2 Å². The highest BCUT2D eigenvalue weighted by atomic mass is 19.4. The standard InChI is InChI=1S/C16H22F3N3O2/c1-10-11(5-6-13(20-10)24-4)21-14(23)22-8-7-12(16(17,18)19)15(2,3)9-22/h5-6,12H,7-9H2,1-4H3,(H,21,23)/t12-/m0/s1. The number of amides is 2. The molecule has 1 fully saturated rings.